The van der Waals surface area contributed by atoms with Crippen LogP contribution >= 0.6 is 0 Å². The lowest BCUT2D eigenvalue weighted by molar-refractivity contribution is -0.120. The lowest BCUT2D eigenvalue weighted by Crippen LogP contribution is -2.41. The van der Waals surface area contributed by atoms with Crippen molar-refractivity contribution in [3.63, 3.8) is 0 Å². The number of carbonyl (C=O) groups is 1. The predicted octanol–water partition coefficient (Wildman–Crippen LogP) is 4.56. The van der Waals surface area contributed by atoms with Crippen molar-refractivity contribution >= 4 is 33.0 Å². The molecule has 0 saturated carbocycles. The molecule has 3 aromatic rings. The minimum Gasteiger partial charge on any atom is -0.339 e. The molecule has 1 fully saturated rings. The van der Waals surface area contributed by atoms with E-state index < -0.39 is 15.8 Å². The summed E-state index contributed by atoms with van der Waals surface area (Å²) in [5.74, 6) is -0.857. The van der Waals surface area contributed by atoms with Crippen LogP contribution in [0.3, 0.4) is 0 Å². The fourth-order valence-corrected chi connectivity index (χ4v) is 6.22. The lowest BCUT2D eigenvalue weighted by atomic mass is 9.97. The monoisotopic (exact) mass is 479 g/mol. The van der Waals surface area contributed by atoms with Gasteiger partial charge in [0.1, 0.15) is 5.82 Å². The second-order valence-corrected chi connectivity index (χ2v) is 10.6. The largest absolute Gasteiger partial charge is 0.339 e. The normalized spacial score (nSPS) is 16.9. The third-order valence-corrected chi connectivity index (χ3v) is 8.53. The maximum atomic E-state index is 13.2. The molecule has 176 valence electrons. The van der Waals surface area contributed by atoms with Gasteiger partial charge in [0.2, 0.25) is 15.9 Å². The number of sulfonamides is 1. The second-order valence-electron chi connectivity index (χ2n) is 8.67. The Morgan fingerprint density at radius 2 is 1.50 bits per heavy atom. The molecule has 0 aromatic heterocycles. The highest BCUT2D eigenvalue weighted by molar-refractivity contribution is 7.89. The smallest absolute Gasteiger partial charge is 0.243 e. The number of anilines is 3. The molecular weight excluding hydrogens is 453 g/mol. The van der Waals surface area contributed by atoms with E-state index in [-0.39, 0.29) is 29.8 Å². The molecule has 0 unspecified atom stereocenters. The average Bonchev–Trinajstić information content (AvgIpc) is 3.29. The fraction of sp³-hybridized carbons (Fsp3) is 0.269. The minimum absolute atomic E-state index is 0.0663. The van der Waals surface area contributed by atoms with Crippen LogP contribution in [-0.4, -0.2) is 38.3 Å². The standard InChI is InChI=1S/C26H26FN3O3S/c27-21-9-11-22(12-10-21)34(32,33)29-16-13-20(14-17-29)26(31)28-23-6-2-4-8-25(23)30-18-15-19-5-1-3-7-24(19)30/h1-12,20H,13-18H2,(H,28,31). The van der Waals surface area contributed by atoms with Crippen molar-refractivity contribution in [1.29, 1.82) is 0 Å². The molecule has 2 aliphatic heterocycles. The van der Waals surface area contributed by atoms with Crippen molar-refractivity contribution in [3.05, 3.63) is 84.2 Å². The predicted molar refractivity (Wildman–Crippen MR) is 130 cm³/mol. The number of hydrogen-bond donors (Lipinski definition) is 1. The molecule has 6 nitrogen and oxygen atoms in total. The van der Waals surface area contributed by atoms with E-state index in [4.69, 9.17) is 0 Å². The Bertz CT molecular complexity index is 1300. The van der Waals surface area contributed by atoms with Gasteiger partial charge in [-0.3, -0.25) is 4.79 Å². The van der Waals surface area contributed by atoms with Crippen LogP contribution in [0.5, 0.6) is 0 Å². The molecule has 1 amide bonds. The molecule has 0 bridgehead atoms. The van der Waals surface area contributed by atoms with Gasteiger partial charge in [0.15, 0.2) is 0 Å². The van der Waals surface area contributed by atoms with E-state index >= 15 is 0 Å². The van der Waals surface area contributed by atoms with Gasteiger partial charge in [-0.2, -0.15) is 4.31 Å². The summed E-state index contributed by atoms with van der Waals surface area (Å²) in [6, 6.07) is 20.9. The third-order valence-electron chi connectivity index (χ3n) is 6.62. The van der Waals surface area contributed by atoms with Gasteiger partial charge in [-0.05, 0) is 67.3 Å². The zero-order valence-electron chi connectivity index (χ0n) is 18.7. The average molecular weight is 480 g/mol. The number of piperidine rings is 1. The summed E-state index contributed by atoms with van der Waals surface area (Å²) in [7, 11) is -3.70. The van der Waals surface area contributed by atoms with E-state index in [1.54, 1.807) is 0 Å². The number of nitrogens with one attached hydrogen (secondary N) is 1. The van der Waals surface area contributed by atoms with Gasteiger partial charge >= 0.3 is 0 Å². The molecule has 0 atom stereocenters. The summed E-state index contributed by atoms with van der Waals surface area (Å²) in [5.41, 5.74) is 4.16. The molecule has 2 heterocycles. The van der Waals surface area contributed by atoms with Crippen molar-refractivity contribution < 1.29 is 17.6 Å². The minimum atomic E-state index is -3.70. The van der Waals surface area contributed by atoms with Crippen LogP contribution in [0.25, 0.3) is 0 Å². The van der Waals surface area contributed by atoms with E-state index in [9.17, 15) is 17.6 Å². The summed E-state index contributed by atoms with van der Waals surface area (Å²) >= 11 is 0. The molecule has 34 heavy (non-hydrogen) atoms. The molecule has 0 aliphatic carbocycles. The first-order valence-electron chi connectivity index (χ1n) is 11.4. The molecule has 3 aromatic carbocycles. The summed E-state index contributed by atoms with van der Waals surface area (Å²) in [6.45, 7) is 1.35. The molecular formula is C26H26FN3O3S. The van der Waals surface area contributed by atoms with Crippen LogP contribution < -0.4 is 10.2 Å². The Morgan fingerprint density at radius 1 is 0.853 bits per heavy atom. The van der Waals surface area contributed by atoms with Crippen LogP contribution in [0.2, 0.25) is 0 Å². The maximum absolute atomic E-state index is 13.2. The first-order valence-corrected chi connectivity index (χ1v) is 12.9. The van der Waals surface area contributed by atoms with Crippen molar-refractivity contribution in [2.75, 3.05) is 29.9 Å². The number of rotatable bonds is 5. The van der Waals surface area contributed by atoms with E-state index in [2.05, 4.69) is 22.3 Å². The Kier molecular flexibility index (Phi) is 6.10. The van der Waals surface area contributed by atoms with E-state index in [0.29, 0.717) is 12.8 Å². The highest BCUT2D eigenvalue weighted by atomic mass is 32.2. The summed E-state index contributed by atoms with van der Waals surface area (Å²) in [6.07, 6.45) is 1.82. The van der Waals surface area contributed by atoms with Gasteiger partial charge in [-0.1, -0.05) is 30.3 Å². The van der Waals surface area contributed by atoms with Crippen molar-refractivity contribution in [1.82, 2.24) is 4.31 Å². The molecule has 8 heteroatoms. The maximum Gasteiger partial charge on any atom is 0.243 e. The molecule has 0 radical (unpaired) electrons. The first kappa shape index (κ1) is 22.6. The van der Waals surface area contributed by atoms with Crippen LogP contribution in [-0.2, 0) is 21.2 Å². The number of carbonyl (C=O) groups excluding carboxylic acids is 1. The van der Waals surface area contributed by atoms with Gasteiger partial charge in [-0.25, -0.2) is 12.8 Å². The Balaban J connectivity index is 1.26. The zero-order valence-corrected chi connectivity index (χ0v) is 19.5. The van der Waals surface area contributed by atoms with E-state index in [1.807, 2.05) is 36.4 Å². The fourth-order valence-electron chi connectivity index (χ4n) is 4.75. The van der Waals surface area contributed by atoms with Crippen LogP contribution in [0.15, 0.2) is 77.7 Å². The number of hydrogen-bond acceptors (Lipinski definition) is 4. The second kappa shape index (κ2) is 9.19. The van der Waals surface area contributed by atoms with Gasteiger partial charge < -0.3 is 10.2 Å². The van der Waals surface area contributed by atoms with Crippen molar-refractivity contribution in [2.24, 2.45) is 5.92 Å². The van der Waals surface area contributed by atoms with Gasteiger partial charge in [0.05, 0.1) is 16.3 Å². The highest BCUT2D eigenvalue weighted by Gasteiger charge is 2.32. The Morgan fingerprint density at radius 3 is 2.24 bits per heavy atom. The van der Waals surface area contributed by atoms with E-state index in [0.717, 1.165) is 42.2 Å². The molecule has 1 N–H and O–H groups in total. The zero-order chi connectivity index (χ0) is 23.7. The summed E-state index contributed by atoms with van der Waals surface area (Å²) in [4.78, 5) is 15.4. The molecule has 1 saturated heterocycles. The third kappa shape index (κ3) is 4.31. The van der Waals surface area contributed by atoms with Crippen molar-refractivity contribution in [3.8, 4) is 0 Å². The number of fused-ring (bicyclic) bond motifs is 1. The topological polar surface area (TPSA) is 69.7 Å². The summed E-state index contributed by atoms with van der Waals surface area (Å²) in [5, 5.41) is 3.09. The summed E-state index contributed by atoms with van der Waals surface area (Å²) < 4.78 is 40.3. The Hall–Kier alpha value is -3.23. The number of para-hydroxylation sites is 3. The molecule has 2 aliphatic rings. The van der Waals surface area contributed by atoms with Gasteiger partial charge in [-0.15, -0.1) is 0 Å². The molecule has 5 rings (SSSR count). The first-order chi connectivity index (χ1) is 16.4. The quantitative estimate of drug-likeness (QED) is 0.583. The van der Waals surface area contributed by atoms with Crippen LogP contribution in [0.4, 0.5) is 21.5 Å². The Labute approximate surface area is 199 Å². The number of nitrogens with zero attached hydrogens (tertiary/aromatic N) is 2. The van der Waals surface area contributed by atoms with E-state index in [1.165, 1.54) is 22.0 Å². The lowest BCUT2D eigenvalue weighted by Gasteiger charge is -2.31. The molecule has 0 spiro atoms. The van der Waals surface area contributed by atoms with Gasteiger partial charge in [0.25, 0.3) is 0 Å². The number of halogens is 1. The number of amides is 1. The van der Waals surface area contributed by atoms with Gasteiger partial charge in [0, 0.05) is 31.2 Å². The van der Waals surface area contributed by atoms with Crippen LogP contribution in [0, 0.1) is 11.7 Å². The van der Waals surface area contributed by atoms with Crippen molar-refractivity contribution in [2.45, 2.75) is 24.2 Å². The number of benzene rings is 3. The highest BCUT2D eigenvalue weighted by Crippen LogP contribution is 2.38. The van der Waals surface area contributed by atoms with Crippen LogP contribution in [0.1, 0.15) is 18.4 Å². The SMILES string of the molecule is O=C(Nc1ccccc1N1CCc2ccccc21)C1CCN(S(=O)(=O)c2ccc(F)cc2)CC1.